The minimum atomic E-state index is -0.171. The Bertz CT molecular complexity index is 505. The molecule has 1 N–H and O–H groups in total. The molecule has 94 valence electrons. The molecule has 0 aliphatic carbocycles. The minimum Gasteiger partial charge on any atom is -0.382 e. The Hall–Kier alpha value is -1.83. The first kappa shape index (κ1) is 12.6. The largest absolute Gasteiger partial charge is 0.382 e. The lowest BCUT2D eigenvalue weighted by Crippen LogP contribution is -2.18. The van der Waals surface area contributed by atoms with Crippen LogP contribution in [0.25, 0.3) is 0 Å². The van der Waals surface area contributed by atoms with Gasteiger partial charge < -0.3 is 5.32 Å². The van der Waals surface area contributed by atoms with E-state index in [9.17, 15) is 4.39 Å². The Morgan fingerprint density at radius 3 is 2.50 bits per heavy atom. The van der Waals surface area contributed by atoms with Crippen molar-refractivity contribution >= 4 is 5.69 Å². The van der Waals surface area contributed by atoms with Gasteiger partial charge in [-0.25, -0.2) is 4.39 Å². The van der Waals surface area contributed by atoms with Gasteiger partial charge in [-0.05, 0) is 50.1 Å². The van der Waals surface area contributed by atoms with Crippen LogP contribution < -0.4 is 5.32 Å². The Kier molecular flexibility index (Phi) is 3.98. The van der Waals surface area contributed by atoms with E-state index in [0.29, 0.717) is 0 Å². The van der Waals surface area contributed by atoms with E-state index in [1.807, 2.05) is 6.07 Å². The quantitative estimate of drug-likeness (QED) is 0.849. The van der Waals surface area contributed by atoms with Gasteiger partial charge in [0.1, 0.15) is 5.82 Å². The molecule has 2 heteroatoms. The van der Waals surface area contributed by atoms with Crippen LogP contribution in [-0.4, -0.2) is 6.04 Å². The monoisotopic (exact) mass is 243 g/mol. The molecular weight excluding hydrogens is 225 g/mol. The maximum absolute atomic E-state index is 13.1. The molecule has 0 aliphatic heterocycles. The van der Waals surface area contributed by atoms with Crippen molar-refractivity contribution in [3.63, 3.8) is 0 Å². The normalized spacial score (nSPS) is 12.2. The predicted octanol–water partition coefficient (Wildman–Crippen LogP) is 4.18. The average molecular weight is 243 g/mol. The third-order valence-electron chi connectivity index (χ3n) is 2.90. The standard InChI is InChI=1S/C16H18FN/c1-12-6-8-16(9-7-12)18-13(2)10-14-4-3-5-15(17)11-14/h3-9,11,13,18H,10H2,1-2H3. The summed E-state index contributed by atoms with van der Waals surface area (Å²) in [6.07, 6.45) is 0.811. The minimum absolute atomic E-state index is 0.171. The maximum Gasteiger partial charge on any atom is 0.123 e. The smallest absolute Gasteiger partial charge is 0.123 e. The highest BCUT2D eigenvalue weighted by Crippen LogP contribution is 2.13. The van der Waals surface area contributed by atoms with Gasteiger partial charge >= 0.3 is 0 Å². The molecule has 0 amide bonds. The molecule has 0 heterocycles. The number of aryl methyl sites for hydroxylation is 1. The predicted molar refractivity (Wildman–Crippen MR) is 74.4 cm³/mol. The second-order valence-electron chi connectivity index (χ2n) is 4.75. The van der Waals surface area contributed by atoms with E-state index < -0.39 is 0 Å². The van der Waals surface area contributed by atoms with Crippen LogP contribution in [0.2, 0.25) is 0 Å². The van der Waals surface area contributed by atoms with Gasteiger partial charge in [-0.2, -0.15) is 0 Å². The summed E-state index contributed by atoms with van der Waals surface area (Å²) < 4.78 is 13.1. The molecule has 18 heavy (non-hydrogen) atoms. The summed E-state index contributed by atoms with van der Waals surface area (Å²) in [6, 6.07) is 15.3. The van der Waals surface area contributed by atoms with Crippen LogP contribution in [0.1, 0.15) is 18.1 Å². The molecular formula is C16H18FN. The zero-order chi connectivity index (χ0) is 13.0. The van der Waals surface area contributed by atoms with Gasteiger partial charge in [0.05, 0.1) is 0 Å². The molecule has 0 aliphatic rings. The summed E-state index contributed by atoms with van der Waals surface area (Å²) in [7, 11) is 0. The number of hydrogen-bond acceptors (Lipinski definition) is 1. The zero-order valence-electron chi connectivity index (χ0n) is 10.8. The lowest BCUT2D eigenvalue weighted by atomic mass is 10.1. The third-order valence-corrected chi connectivity index (χ3v) is 2.90. The van der Waals surface area contributed by atoms with Crippen LogP contribution in [0, 0.1) is 12.7 Å². The highest BCUT2D eigenvalue weighted by atomic mass is 19.1. The summed E-state index contributed by atoms with van der Waals surface area (Å²) in [5.74, 6) is -0.171. The summed E-state index contributed by atoms with van der Waals surface area (Å²) in [5, 5.41) is 3.41. The van der Waals surface area contributed by atoms with Crippen LogP contribution in [0.5, 0.6) is 0 Å². The molecule has 2 rings (SSSR count). The molecule has 0 spiro atoms. The second-order valence-corrected chi connectivity index (χ2v) is 4.75. The van der Waals surface area contributed by atoms with Crippen molar-refractivity contribution in [2.45, 2.75) is 26.3 Å². The Morgan fingerprint density at radius 1 is 1.11 bits per heavy atom. The van der Waals surface area contributed by atoms with Gasteiger partial charge in [-0.1, -0.05) is 29.8 Å². The van der Waals surface area contributed by atoms with Crippen molar-refractivity contribution < 1.29 is 4.39 Å². The van der Waals surface area contributed by atoms with E-state index in [1.165, 1.54) is 11.6 Å². The highest BCUT2D eigenvalue weighted by Gasteiger charge is 2.04. The number of benzene rings is 2. The SMILES string of the molecule is Cc1ccc(NC(C)Cc2cccc(F)c2)cc1. The summed E-state index contributed by atoms with van der Waals surface area (Å²) >= 11 is 0. The molecule has 1 nitrogen and oxygen atoms in total. The first-order valence-electron chi connectivity index (χ1n) is 6.21. The van der Waals surface area contributed by atoms with Crippen molar-refractivity contribution in [3.8, 4) is 0 Å². The van der Waals surface area contributed by atoms with E-state index in [4.69, 9.17) is 0 Å². The fourth-order valence-corrected chi connectivity index (χ4v) is 2.00. The fourth-order valence-electron chi connectivity index (χ4n) is 2.00. The van der Waals surface area contributed by atoms with Crippen LogP contribution in [-0.2, 0) is 6.42 Å². The van der Waals surface area contributed by atoms with Gasteiger partial charge in [0, 0.05) is 11.7 Å². The van der Waals surface area contributed by atoms with Gasteiger partial charge in [0.2, 0.25) is 0 Å². The van der Waals surface area contributed by atoms with E-state index in [0.717, 1.165) is 17.7 Å². The van der Waals surface area contributed by atoms with E-state index in [2.05, 4.69) is 43.4 Å². The lowest BCUT2D eigenvalue weighted by Gasteiger charge is -2.15. The van der Waals surface area contributed by atoms with E-state index in [-0.39, 0.29) is 11.9 Å². The molecule has 1 unspecified atom stereocenters. The Morgan fingerprint density at radius 2 is 1.83 bits per heavy atom. The zero-order valence-corrected chi connectivity index (χ0v) is 10.8. The van der Waals surface area contributed by atoms with Crippen molar-refractivity contribution in [1.29, 1.82) is 0 Å². The summed E-state index contributed by atoms with van der Waals surface area (Å²) in [4.78, 5) is 0. The maximum atomic E-state index is 13.1. The second kappa shape index (κ2) is 5.67. The molecule has 2 aromatic carbocycles. The summed E-state index contributed by atoms with van der Waals surface area (Å²) in [6.45, 7) is 4.17. The molecule has 0 bridgehead atoms. The lowest BCUT2D eigenvalue weighted by molar-refractivity contribution is 0.624. The number of anilines is 1. The highest BCUT2D eigenvalue weighted by molar-refractivity contribution is 5.45. The molecule has 0 saturated carbocycles. The molecule has 0 fully saturated rings. The average Bonchev–Trinajstić information content (AvgIpc) is 2.32. The van der Waals surface area contributed by atoms with Crippen molar-refractivity contribution in [2.75, 3.05) is 5.32 Å². The molecule has 2 aromatic rings. The number of hydrogen-bond donors (Lipinski definition) is 1. The van der Waals surface area contributed by atoms with E-state index in [1.54, 1.807) is 12.1 Å². The number of rotatable bonds is 4. The van der Waals surface area contributed by atoms with Crippen LogP contribution in [0.15, 0.2) is 48.5 Å². The third kappa shape index (κ3) is 3.59. The van der Waals surface area contributed by atoms with Crippen molar-refractivity contribution in [3.05, 3.63) is 65.5 Å². The fraction of sp³-hybridized carbons (Fsp3) is 0.250. The topological polar surface area (TPSA) is 12.0 Å². The van der Waals surface area contributed by atoms with Gasteiger partial charge in [0.15, 0.2) is 0 Å². The molecule has 0 aromatic heterocycles. The number of halogens is 1. The Labute approximate surface area is 108 Å². The van der Waals surface area contributed by atoms with Gasteiger partial charge in [-0.3, -0.25) is 0 Å². The van der Waals surface area contributed by atoms with Gasteiger partial charge in [0.25, 0.3) is 0 Å². The van der Waals surface area contributed by atoms with Crippen LogP contribution >= 0.6 is 0 Å². The van der Waals surface area contributed by atoms with Crippen LogP contribution in [0.3, 0.4) is 0 Å². The first-order chi connectivity index (χ1) is 8.63. The van der Waals surface area contributed by atoms with E-state index >= 15 is 0 Å². The number of nitrogens with one attached hydrogen (secondary N) is 1. The first-order valence-corrected chi connectivity index (χ1v) is 6.21. The molecule has 0 saturated heterocycles. The van der Waals surface area contributed by atoms with Crippen molar-refractivity contribution in [2.24, 2.45) is 0 Å². The van der Waals surface area contributed by atoms with Crippen LogP contribution in [0.4, 0.5) is 10.1 Å². The van der Waals surface area contributed by atoms with Gasteiger partial charge in [-0.15, -0.1) is 0 Å². The molecule has 1 atom stereocenters. The molecule has 0 radical (unpaired) electrons. The summed E-state index contributed by atoms with van der Waals surface area (Å²) in [5.41, 5.74) is 3.37. The van der Waals surface area contributed by atoms with Crippen molar-refractivity contribution in [1.82, 2.24) is 0 Å². The Balaban J connectivity index is 1.96.